The fraction of sp³-hybridized carbons (Fsp3) is 0.529. The third-order valence-electron chi connectivity index (χ3n) is 5.30. The lowest BCUT2D eigenvalue weighted by Crippen LogP contribution is -2.42. The van der Waals surface area contributed by atoms with Gasteiger partial charge in [0, 0.05) is 36.9 Å². The highest BCUT2D eigenvalue weighted by Gasteiger charge is 2.31. The van der Waals surface area contributed by atoms with E-state index in [-0.39, 0.29) is 11.8 Å². The summed E-state index contributed by atoms with van der Waals surface area (Å²) in [5, 5.41) is 5.13. The van der Waals surface area contributed by atoms with Crippen molar-refractivity contribution >= 4 is 28.5 Å². The second-order valence-electron chi connectivity index (χ2n) is 6.60. The zero-order valence-corrected chi connectivity index (χ0v) is 14.3. The fourth-order valence-electron chi connectivity index (χ4n) is 3.93. The van der Waals surface area contributed by atoms with E-state index in [9.17, 15) is 4.79 Å². The summed E-state index contributed by atoms with van der Waals surface area (Å²) >= 11 is 6.25. The standard InChI is InChI=1S/C17H21ClN4O/c1-10-13(18)8-20-16-15(10)11(2)14-9-21(5-6-22(14)16)17(23)12-3-4-19-7-12/h8,12,19H,3-7,9H2,1-2H3. The van der Waals surface area contributed by atoms with Crippen LogP contribution in [0.1, 0.15) is 23.2 Å². The number of rotatable bonds is 1. The van der Waals surface area contributed by atoms with Crippen LogP contribution in [-0.4, -0.2) is 40.0 Å². The SMILES string of the molecule is Cc1c(Cl)cnc2c1c(C)c1n2CCN(C(=O)C2CCNC2)C1. The summed E-state index contributed by atoms with van der Waals surface area (Å²) in [4.78, 5) is 19.2. The molecule has 1 atom stereocenters. The Balaban J connectivity index is 1.72. The summed E-state index contributed by atoms with van der Waals surface area (Å²) in [6.07, 6.45) is 2.68. The fourth-order valence-corrected chi connectivity index (χ4v) is 4.07. The number of hydrogen-bond acceptors (Lipinski definition) is 3. The predicted molar refractivity (Wildman–Crippen MR) is 90.6 cm³/mol. The van der Waals surface area contributed by atoms with Crippen LogP contribution in [0, 0.1) is 19.8 Å². The van der Waals surface area contributed by atoms with Gasteiger partial charge in [-0.05, 0) is 37.9 Å². The number of aromatic nitrogens is 2. The van der Waals surface area contributed by atoms with Crippen molar-refractivity contribution in [2.24, 2.45) is 5.92 Å². The first-order chi connectivity index (χ1) is 11.1. The van der Waals surface area contributed by atoms with E-state index in [1.165, 1.54) is 11.3 Å². The van der Waals surface area contributed by atoms with Crippen LogP contribution in [0.2, 0.25) is 5.02 Å². The highest BCUT2D eigenvalue weighted by atomic mass is 35.5. The van der Waals surface area contributed by atoms with E-state index in [2.05, 4.69) is 21.8 Å². The van der Waals surface area contributed by atoms with Gasteiger partial charge in [-0.15, -0.1) is 0 Å². The molecule has 23 heavy (non-hydrogen) atoms. The molecule has 0 aromatic carbocycles. The van der Waals surface area contributed by atoms with Gasteiger partial charge in [-0.3, -0.25) is 4.79 Å². The van der Waals surface area contributed by atoms with Crippen molar-refractivity contribution in [3.8, 4) is 0 Å². The molecule has 4 rings (SSSR count). The molecule has 4 heterocycles. The molecule has 2 aromatic rings. The summed E-state index contributed by atoms with van der Waals surface area (Å²) in [6.45, 7) is 8.16. The van der Waals surface area contributed by atoms with Crippen molar-refractivity contribution in [2.75, 3.05) is 19.6 Å². The van der Waals surface area contributed by atoms with E-state index < -0.39 is 0 Å². The van der Waals surface area contributed by atoms with Gasteiger partial charge in [-0.1, -0.05) is 11.6 Å². The van der Waals surface area contributed by atoms with Gasteiger partial charge in [-0.2, -0.15) is 0 Å². The predicted octanol–water partition coefficient (Wildman–Crippen LogP) is 2.26. The van der Waals surface area contributed by atoms with Crippen molar-refractivity contribution in [2.45, 2.75) is 33.4 Å². The number of hydrogen-bond donors (Lipinski definition) is 1. The molecule has 1 amide bonds. The van der Waals surface area contributed by atoms with Crippen molar-refractivity contribution in [3.63, 3.8) is 0 Å². The zero-order valence-electron chi connectivity index (χ0n) is 13.5. The number of pyridine rings is 1. The number of nitrogens with one attached hydrogen (secondary N) is 1. The number of halogens is 1. The van der Waals surface area contributed by atoms with Crippen LogP contribution in [-0.2, 0) is 17.9 Å². The van der Waals surface area contributed by atoms with E-state index in [1.54, 1.807) is 6.20 Å². The van der Waals surface area contributed by atoms with Gasteiger partial charge in [0.05, 0.1) is 17.5 Å². The second-order valence-corrected chi connectivity index (χ2v) is 7.01. The molecular weight excluding hydrogens is 312 g/mol. The van der Waals surface area contributed by atoms with Gasteiger partial charge in [0.1, 0.15) is 5.65 Å². The molecule has 5 nitrogen and oxygen atoms in total. The van der Waals surface area contributed by atoms with Gasteiger partial charge in [0.2, 0.25) is 5.91 Å². The maximum atomic E-state index is 12.7. The molecule has 2 aliphatic rings. The molecule has 2 aromatic heterocycles. The van der Waals surface area contributed by atoms with Crippen LogP contribution >= 0.6 is 11.6 Å². The van der Waals surface area contributed by atoms with Crippen LogP contribution in [0.25, 0.3) is 11.0 Å². The number of carbonyl (C=O) groups is 1. The average molecular weight is 333 g/mol. The van der Waals surface area contributed by atoms with Crippen LogP contribution in [0.15, 0.2) is 6.20 Å². The number of amides is 1. The Labute approximate surface area is 140 Å². The largest absolute Gasteiger partial charge is 0.335 e. The molecule has 1 unspecified atom stereocenters. The Hall–Kier alpha value is -1.59. The lowest BCUT2D eigenvalue weighted by molar-refractivity contribution is -0.136. The summed E-state index contributed by atoms with van der Waals surface area (Å²) in [5.74, 6) is 0.425. The normalized spacial score (nSPS) is 21.0. The molecule has 0 bridgehead atoms. The molecule has 1 saturated heterocycles. The number of aryl methyl sites for hydroxylation is 2. The Morgan fingerprint density at radius 3 is 2.91 bits per heavy atom. The molecule has 6 heteroatoms. The Morgan fingerprint density at radius 2 is 2.17 bits per heavy atom. The lowest BCUT2D eigenvalue weighted by atomic mass is 10.1. The molecule has 2 aliphatic heterocycles. The summed E-state index contributed by atoms with van der Waals surface area (Å²) in [7, 11) is 0. The monoisotopic (exact) mass is 332 g/mol. The van der Waals surface area contributed by atoms with Crippen LogP contribution in [0.5, 0.6) is 0 Å². The quantitative estimate of drug-likeness (QED) is 0.871. The lowest BCUT2D eigenvalue weighted by Gasteiger charge is -2.31. The molecule has 0 aliphatic carbocycles. The minimum Gasteiger partial charge on any atom is -0.335 e. The maximum absolute atomic E-state index is 12.7. The van der Waals surface area contributed by atoms with Crippen molar-refractivity contribution in [1.29, 1.82) is 0 Å². The van der Waals surface area contributed by atoms with E-state index in [1.807, 2.05) is 11.8 Å². The molecular formula is C17H21ClN4O. The molecule has 1 N–H and O–H groups in total. The topological polar surface area (TPSA) is 50.2 Å². The van der Waals surface area contributed by atoms with Gasteiger partial charge in [0.15, 0.2) is 0 Å². The Bertz CT molecular complexity index is 792. The van der Waals surface area contributed by atoms with E-state index in [0.29, 0.717) is 11.6 Å². The highest BCUT2D eigenvalue weighted by molar-refractivity contribution is 6.32. The Kier molecular flexibility index (Phi) is 3.58. The van der Waals surface area contributed by atoms with Gasteiger partial charge in [-0.25, -0.2) is 4.98 Å². The maximum Gasteiger partial charge on any atom is 0.227 e. The third-order valence-corrected chi connectivity index (χ3v) is 5.68. The van der Waals surface area contributed by atoms with E-state index >= 15 is 0 Å². The first-order valence-electron chi connectivity index (χ1n) is 8.20. The van der Waals surface area contributed by atoms with Crippen LogP contribution in [0.3, 0.4) is 0 Å². The summed E-state index contributed by atoms with van der Waals surface area (Å²) < 4.78 is 2.25. The molecule has 122 valence electrons. The van der Waals surface area contributed by atoms with Gasteiger partial charge >= 0.3 is 0 Å². The first kappa shape index (κ1) is 15.0. The summed E-state index contributed by atoms with van der Waals surface area (Å²) in [5.41, 5.74) is 4.47. The number of carbonyl (C=O) groups excluding carboxylic acids is 1. The van der Waals surface area contributed by atoms with Crippen molar-refractivity contribution in [3.05, 3.63) is 28.0 Å². The number of nitrogens with zero attached hydrogens (tertiary/aromatic N) is 3. The molecule has 0 spiro atoms. The second kappa shape index (κ2) is 5.49. The van der Waals surface area contributed by atoms with Crippen LogP contribution in [0.4, 0.5) is 0 Å². The van der Waals surface area contributed by atoms with E-state index in [4.69, 9.17) is 11.6 Å². The number of fused-ring (bicyclic) bond motifs is 3. The smallest absolute Gasteiger partial charge is 0.227 e. The molecule has 0 radical (unpaired) electrons. The average Bonchev–Trinajstić information content (AvgIpc) is 3.18. The van der Waals surface area contributed by atoms with Gasteiger partial charge in [0.25, 0.3) is 0 Å². The zero-order chi connectivity index (χ0) is 16.1. The minimum atomic E-state index is 0.139. The first-order valence-corrected chi connectivity index (χ1v) is 8.58. The molecule has 1 fully saturated rings. The minimum absolute atomic E-state index is 0.139. The Morgan fingerprint density at radius 1 is 1.35 bits per heavy atom. The van der Waals surface area contributed by atoms with Crippen molar-refractivity contribution < 1.29 is 4.79 Å². The highest BCUT2D eigenvalue weighted by Crippen LogP contribution is 2.33. The van der Waals surface area contributed by atoms with Crippen LogP contribution < -0.4 is 5.32 Å². The van der Waals surface area contributed by atoms with Gasteiger partial charge < -0.3 is 14.8 Å². The van der Waals surface area contributed by atoms with Crippen molar-refractivity contribution in [1.82, 2.24) is 19.8 Å². The van der Waals surface area contributed by atoms with E-state index in [0.717, 1.165) is 49.2 Å². The third kappa shape index (κ3) is 2.25. The molecule has 0 saturated carbocycles. The summed E-state index contributed by atoms with van der Waals surface area (Å²) in [6, 6.07) is 0.